The number of ether oxygens (including phenoxy) is 1. The Kier molecular flexibility index (Phi) is 7.98. The van der Waals surface area contributed by atoms with Crippen LogP contribution in [0.2, 0.25) is 10.0 Å². The zero-order valence-corrected chi connectivity index (χ0v) is 17.0. The Bertz CT molecular complexity index is 721. The maximum Gasteiger partial charge on any atom is 0.267 e. The summed E-state index contributed by atoms with van der Waals surface area (Å²) in [4.78, 5) is 27.2. The molecule has 1 aliphatic rings. The monoisotopic (exact) mass is 417 g/mol. The number of imide groups is 1. The molecule has 0 bridgehead atoms. The van der Waals surface area contributed by atoms with Crippen LogP contribution < -0.4 is 0 Å². The van der Waals surface area contributed by atoms with E-state index in [2.05, 4.69) is 0 Å². The van der Waals surface area contributed by atoms with Crippen molar-refractivity contribution in [3.8, 4) is 0 Å². The molecule has 0 aliphatic carbocycles. The molecule has 0 atom stereocenters. The summed E-state index contributed by atoms with van der Waals surface area (Å²) in [7, 11) is 0. The molecule has 1 aliphatic heterocycles. The Morgan fingerprint density at radius 1 is 1.23 bits per heavy atom. The minimum absolute atomic E-state index is 0.0946. The van der Waals surface area contributed by atoms with E-state index in [1.54, 1.807) is 12.1 Å². The highest BCUT2D eigenvalue weighted by atomic mass is 35.5. The topological polar surface area (TPSA) is 66.8 Å². The van der Waals surface area contributed by atoms with Gasteiger partial charge in [-0.2, -0.15) is 0 Å². The van der Waals surface area contributed by atoms with Gasteiger partial charge in [0.05, 0.1) is 28.2 Å². The molecular weight excluding hydrogens is 397 g/mol. The summed E-state index contributed by atoms with van der Waals surface area (Å²) in [5.74, 6) is -0.434. The predicted octanol–water partition coefficient (Wildman–Crippen LogP) is 3.61. The maximum absolute atomic E-state index is 12.9. The molecule has 0 aromatic heterocycles. The van der Waals surface area contributed by atoms with Crippen LogP contribution in [0.25, 0.3) is 5.57 Å². The summed E-state index contributed by atoms with van der Waals surface area (Å²) in [5.41, 5.74) is 0.732. The number of hydrogen-bond acceptors (Lipinski definition) is 5. The van der Waals surface area contributed by atoms with Crippen LogP contribution in [-0.2, 0) is 14.3 Å². The van der Waals surface area contributed by atoms with Gasteiger partial charge in [0, 0.05) is 29.5 Å². The van der Waals surface area contributed by atoms with Crippen LogP contribution >= 0.6 is 35.0 Å². The molecule has 26 heavy (non-hydrogen) atoms. The summed E-state index contributed by atoms with van der Waals surface area (Å²) >= 11 is 13.3. The highest BCUT2D eigenvalue weighted by molar-refractivity contribution is 8.04. The molecule has 1 aromatic rings. The molecular formula is C18H21Cl2NO4S. The van der Waals surface area contributed by atoms with Crippen molar-refractivity contribution in [3.05, 3.63) is 38.7 Å². The number of nitrogens with zero attached hydrogens (tertiary/aromatic N) is 1. The van der Waals surface area contributed by atoms with E-state index >= 15 is 0 Å². The quantitative estimate of drug-likeness (QED) is 0.490. The van der Waals surface area contributed by atoms with Gasteiger partial charge in [-0.15, -0.1) is 11.8 Å². The first kappa shape index (κ1) is 21.3. The fourth-order valence-corrected chi connectivity index (χ4v) is 3.88. The Labute approximate surface area is 167 Å². The fraction of sp³-hybridized carbons (Fsp3) is 0.444. The summed E-state index contributed by atoms with van der Waals surface area (Å²) in [6, 6.07) is 4.80. The first-order valence-corrected chi connectivity index (χ1v) is 10.0. The number of thioether (sulfide) groups is 1. The van der Waals surface area contributed by atoms with E-state index in [4.69, 9.17) is 33.0 Å². The number of amides is 2. The van der Waals surface area contributed by atoms with Gasteiger partial charge in [-0.3, -0.25) is 14.5 Å². The van der Waals surface area contributed by atoms with Crippen molar-refractivity contribution in [2.45, 2.75) is 26.4 Å². The van der Waals surface area contributed by atoms with Crippen molar-refractivity contribution >= 4 is 52.4 Å². The van der Waals surface area contributed by atoms with Crippen LogP contribution in [0, 0.1) is 0 Å². The summed E-state index contributed by atoms with van der Waals surface area (Å²) in [6.45, 7) is 4.49. The average Bonchev–Trinajstić information content (AvgIpc) is 2.80. The van der Waals surface area contributed by atoms with Gasteiger partial charge < -0.3 is 9.84 Å². The predicted molar refractivity (Wildman–Crippen MR) is 105 cm³/mol. The number of hydrogen-bond donors (Lipinski definition) is 1. The molecule has 0 radical (unpaired) electrons. The fourth-order valence-electron chi connectivity index (χ4n) is 2.51. The molecule has 2 amide bonds. The summed E-state index contributed by atoms with van der Waals surface area (Å²) < 4.78 is 5.47. The van der Waals surface area contributed by atoms with Gasteiger partial charge >= 0.3 is 0 Å². The molecule has 0 saturated heterocycles. The molecule has 8 heteroatoms. The van der Waals surface area contributed by atoms with Crippen LogP contribution in [0.15, 0.2) is 23.1 Å². The second-order valence-electron chi connectivity index (χ2n) is 5.94. The van der Waals surface area contributed by atoms with Crippen LogP contribution in [0.4, 0.5) is 0 Å². The Morgan fingerprint density at radius 3 is 2.58 bits per heavy atom. The molecule has 0 fully saturated rings. The van der Waals surface area contributed by atoms with E-state index in [1.165, 1.54) is 11.0 Å². The minimum Gasteiger partial charge on any atom is -0.396 e. The second kappa shape index (κ2) is 9.76. The molecule has 0 unspecified atom stereocenters. The molecule has 1 N–H and O–H groups in total. The first-order chi connectivity index (χ1) is 12.4. The van der Waals surface area contributed by atoms with E-state index in [-0.39, 0.29) is 36.6 Å². The number of aliphatic hydroxyl groups is 1. The lowest BCUT2D eigenvalue weighted by molar-refractivity contribution is -0.136. The average molecular weight is 418 g/mol. The highest BCUT2D eigenvalue weighted by Crippen LogP contribution is 2.39. The third-order valence-corrected chi connectivity index (χ3v) is 5.24. The largest absolute Gasteiger partial charge is 0.396 e. The van der Waals surface area contributed by atoms with Crippen LogP contribution in [0.5, 0.6) is 0 Å². The number of rotatable bonds is 9. The standard InChI is InChI=1S/C18H21Cl2NO4S/c1-11(2)25-8-3-6-21-17(23)15(16(18(21)24)26-9-7-22)13-5-4-12(19)10-14(13)20/h4-5,10-11,22H,3,6-9H2,1-2H3. The summed E-state index contributed by atoms with van der Waals surface area (Å²) in [5, 5.41) is 9.86. The third kappa shape index (κ3) is 5.02. The van der Waals surface area contributed by atoms with E-state index in [9.17, 15) is 9.59 Å². The summed E-state index contributed by atoms with van der Waals surface area (Å²) in [6.07, 6.45) is 0.645. The van der Waals surface area contributed by atoms with Crippen molar-refractivity contribution in [2.75, 3.05) is 25.5 Å². The molecule has 1 heterocycles. The van der Waals surface area contributed by atoms with E-state index < -0.39 is 0 Å². The van der Waals surface area contributed by atoms with Gasteiger partial charge in [-0.25, -0.2) is 0 Å². The van der Waals surface area contributed by atoms with Gasteiger partial charge in [0.25, 0.3) is 11.8 Å². The first-order valence-electron chi connectivity index (χ1n) is 8.28. The van der Waals surface area contributed by atoms with Gasteiger partial charge in [0.15, 0.2) is 0 Å². The normalized spacial score (nSPS) is 14.9. The Hall–Kier alpha value is -1.05. The smallest absolute Gasteiger partial charge is 0.267 e. The molecule has 1 aromatic carbocycles. The Morgan fingerprint density at radius 2 is 1.96 bits per heavy atom. The maximum atomic E-state index is 12.9. The molecule has 0 saturated carbocycles. The number of aliphatic hydroxyl groups excluding tert-OH is 1. The zero-order chi connectivity index (χ0) is 19.3. The van der Waals surface area contributed by atoms with E-state index in [0.29, 0.717) is 39.3 Å². The van der Waals surface area contributed by atoms with Gasteiger partial charge in [0.1, 0.15) is 0 Å². The van der Waals surface area contributed by atoms with Crippen molar-refractivity contribution in [2.24, 2.45) is 0 Å². The molecule has 142 valence electrons. The minimum atomic E-state index is -0.385. The molecule has 0 spiro atoms. The Balaban J connectivity index is 2.27. The van der Waals surface area contributed by atoms with Crippen molar-refractivity contribution in [1.29, 1.82) is 0 Å². The third-order valence-electron chi connectivity index (χ3n) is 3.64. The van der Waals surface area contributed by atoms with Gasteiger partial charge in [0.2, 0.25) is 0 Å². The number of benzene rings is 1. The SMILES string of the molecule is CC(C)OCCCN1C(=O)C(SCCO)=C(c2ccc(Cl)cc2Cl)C1=O. The number of carbonyl (C=O) groups excluding carboxylic acids is 2. The number of halogens is 2. The van der Waals surface area contributed by atoms with Crippen LogP contribution in [0.1, 0.15) is 25.8 Å². The van der Waals surface area contributed by atoms with E-state index in [1.807, 2.05) is 13.8 Å². The van der Waals surface area contributed by atoms with Crippen molar-refractivity contribution < 1.29 is 19.4 Å². The number of carbonyl (C=O) groups is 2. The van der Waals surface area contributed by atoms with Crippen molar-refractivity contribution in [3.63, 3.8) is 0 Å². The van der Waals surface area contributed by atoms with E-state index in [0.717, 1.165) is 11.8 Å². The molecule has 2 rings (SSSR count). The second-order valence-corrected chi connectivity index (χ2v) is 7.88. The zero-order valence-electron chi connectivity index (χ0n) is 14.6. The van der Waals surface area contributed by atoms with Gasteiger partial charge in [-0.1, -0.05) is 29.3 Å². The lowest BCUT2D eigenvalue weighted by atomic mass is 10.1. The van der Waals surface area contributed by atoms with Gasteiger partial charge in [-0.05, 0) is 32.4 Å². The molecule has 5 nitrogen and oxygen atoms in total. The lowest BCUT2D eigenvalue weighted by Crippen LogP contribution is -2.33. The highest BCUT2D eigenvalue weighted by Gasteiger charge is 2.39. The lowest BCUT2D eigenvalue weighted by Gasteiger charge is -2.16. The van der Waals surface area contributed by atoms with Crippen molar-refractivity contribution in [1.82, 2.24) is 4.90 Å². The van der Waals surface area contributed by atoms with Crippen LogP contribution in [0.3, 0.4) is 0 Å². The van der Waals surface area contributed by atoms with Crippen LogP contribution in [-0.4, -0.2) is 53.4 Å².